The lowest BCUT2D eigenvalue weighted by molar-refractivity contribution is -0.161. The Labute approximate surface area is 367 Å². The number of nitrogens with two attached hydrogens (primary N) is 1. The molecule has 0 amide bonds. The van der Waals surface area contributed by atoms with E-state index in [1.807, 2.05) is 0 Å². The molecule has 0 spiro atoms. The highest BCUT2D eigenvalue weighted by Crippen LogP contribution is 2.43. The van der Waals surface area contributed by atoms with E-state index in [9.17, 15) is 23.8 Å². The van der Waals surface area contributed by atoms with E-state index in [0.717, 1.165) is 38.5 Å². The summed E-state index contributed by atoms with van der Waals surface area (Å²) in [5, 5.41) is 8.91. The van der Waals surface area contributed by atoms with Gasteiger partial charge in [-0.2, -0.15) is 0 Å². The van der Waals surface area contributed by atoms with E-state index in [1.165, 1.54) is 180 Å². The fraction of sp³-hybridized carbons (Fsp3) is 0.938. The van der Waals surface area contributed by atoms with Crippen molar-refractivity contribution >= 4 is 25.7 Å². The zero-order chi connectivity index (χ0) is 44.2. The number of carboxylic acid groups (broad SMARTS) is 1. The van der Waals surface area contributed by atoms with Crippen LogP contribution >= 0.6 is 7.82 Å². The quantitative estimate of drug-likeness (QED) is 0.0302. The number of carbonyl (C=O) groups is 3. The maximum Gasteiger partial charge on any atom is 0.472 e. The van der Waals surface area contributed by atoms with Crippen LogP contribution < -0.4 is 5.73 Å². The topological polar surface area (TPSA) is 172 Å². The largest absolute Gasteiger partial charge is 0.480 e. The van der Waals surface area contributed by atoms with Gasteiger partial charge in [-0.15, -0.1) is 0 Å². The first-order valence-electron chi connectivity index (χ1n) is 25.1. The zero-order valence-electron chi connectivity index (χ0n) is 38.8. The first-order valence-corrected chi connectivity index (χ1v) is 26.6. The fourth-order valence-corrected chi connectivity index (χ4v) is 8.20. The lowest BCUT2D eigenvalue weighted by Gasteiger charge is -2.20. The molecule has 60 heavy (non-hydrogen) atoms. The molecule has 12 heteroatoms. The van der Waals surface area contributed by atoms with E-state index in [2.05, 4.69) is 18.4 Å². The second kappa shape index (κ2) is 44.1. The molecule has 0 aromatic heterocycles. The number of carboxylic acids is 1. The smallest absolute Gasteiger partial charge is 0.472 e. The average Bonchev–Trinajstić information content (AvgIpc) is 3.22. The van der Waals surface area contributed by atoms with Crippen LogP contribution in [0.4, 0.5) is 0 Å². The Morgan fingerprint density at radius 3 is 1.05 bits per heavy atom. The molecular weight excluding hydrogens is 781 g/mol. The highest BCUT2D eigenvalue weighted by Gasteiger charge is 2.28. The van der Waals surface area contributed by atoms with Gasteiger partial charge in [-0.05, 0) is 12.8 Å². The van der Waals surface area contributed by atoms with E-state index in [0.29, 0.717) is 12.8 Å². The predicted octanol–water partition coefficient (Wildman–Crippen LogP) is 13.9. The van der Waals surface area contributed by atoms with Crippen molar-refractivity contribution in [3.8, 4) is 0 Å². The first-order chi connectivity index (χ1) is 29.1. The molecule has 0 aromatic rings. The summed E-state index contributed by atoms with van der Waals surface area (Å²) < 4.78 is 32.8. The summed E-state index contributed by atoms with van der Waals surface area (Å²) in [6, 6.07) is -1.52. The number of phosphoric acid groups is 1. The van der Waals surface area contributed by atoms with Gasteiger partial charge in [0.2, 0.25) is 0 Å². The molecular formula is C48H94NO10P. The molecule has 0 aliphatic carbocycles. The van der Waals surface area contributed by atoms with Crippen LogP contribution in [0.15, 0.2) is 0 Å². The summed E-state index contributed by atoms with van der Waals surface area (Å²) in [6.45, 7) is 2.86. The van der Waals surface area contributed by atoms with Gasteiger partial charge in [0.05, 0.1) is 13.2 Å². The molecule has 3 unspecified atom stereocenters. The highest BCUT2D eigenvalue weighted by atomic mass is 31.2. The van der Waals surface area contributed by atoms with Gasteiger partial charge < -0.3 is 25.2 Å². The third-order valence-corrected chi connectivity index (χ3v) is 12.3. The first kappa shape index (κ1) is 58.5. The highest BCUT2D eigenvalue weighted by molar-refractivity contribution is 7.47. The van der Waals surface area contributed by atoms with Gasteiger partial charge in [-0.3, -0.25) is 23.4 Å². The van der Waals surface area contributed by atoms with Crippen molar-refractivity contribution in [2.24, 2.45) is 5.73 Å². The van der Waals surface area contributed by atoms with Crippen molar-refractivity contribution in [3.63, 3.8) is 0 Å². The minimum Gasteiger partial charge on any atom is -0.480 e. The van der Waals surface area contributed by atoms with Gasteiger partial charge >= 0.3 is 25.7 Å². The number of rotatable bonds is 48. The van der Waals surface area contributed by atoms with Crippen LogP contribution in [0.2, 0.25) is 0 Å². The van der Waals surface area contributed by atoms with Crippen molar-refractivity contribution in [2.75, 3.05) is 19.8 Å². The maximum atomic E-state index is 12.7. The lowest BCUT2D eigenvalue weighted by Crippen LogP contribution is -2.34. The molecule has 0 heterocycles. The Morgan fingerprint density at radius 2 is 0.733 bits per heavy atom. The monoisotopic (exact) mass is 876 g/mol. The van der Waals surface area contributed by atoms with Gasteiger partial charge in [0.15, 0.2) is 6.10 Å². The summed E-state index contributed by atoms with van der Waals surface area (Å²) in [4.78, 5) is 46.1. The normalized spacial score (nSPS) is 13.5. The molecule has 0 bridgehead atoms. The Balaban J connectivity index is 4.21. The Morgan fingerprint density at radius 1 is 0.450 bits per heavy atom. The van der Waals surface area contributed by atoms with Gasteiger partial charge in [-0.25, -0.2) is 4.57 Å². The van der Waals surface area contributed by atoms with Crippen molar-refractivity contribution in [1.82, 2.24) is 0 Å². The third-order valence-electron chi connectivity index (χ3n) is 11.4. The number of hydrogen-bond donors (Lipinski definition) is 3. The van der Waals surface area contributed by atoms with Crippen LogP contribution in [0.3, 0.4) is 0 Å². The van der Waals surface area contributed by atoms with Crippen LogP contribution in [0.5, 0.6) is 0 Å². The third kappa shape index (κ3) is 43.1. The van der Waals surface area contributed by atoms with E-state index >= 15 is 0 Å². The number of ether oxygens (including phenoxy) is 2. The molecule has 0 aromatic carbocycles. The van der Waals surface area contributed by atoms with Crippen LogP contribution in [-0.4, -0.2) is 59.9 Å². The number of esters is 2. The maximum absolute atomic E-state index is 12.7. The van der Waals surface area contributed by atoms with Crippen LogP contribution in [-0.2, 0) is 37.5 Å². The van der Waals surface area contributed by atoms with Crippen molar-refractivity contribution < 1.29 is 47.5 Å². The van der Waals surface area contributed by atoms with E-state index in [1.54, 1.807) is 0 Å². The molecule has 0 fully saturated rings. The molecule has 0 aliphatic heterocycles. The molecule has 4 N–H and O–H groups in total. The SMILES string of the molecule is CCCCCCCCCCCCCCCCCCCCCCC(=O)OC(COC(=O)CCCCCCCCCCCCCCCCCC)COP(=O)(O)OCC(N)C(=O)O. The van der Waals surface area contributed by atoms with Gasteiger partial charge in [0, 0.05) is 12.8 Å². The number of phosphoric ester groups is 1. The molecule has 0 aliphatic rings. The number of hydrogen-bond acceptors (Lipinski definition) is 9. The number of aliphatic carboxylic acids is 1. The van der Waals surface area contributed by atoms with Crippen molar-refractivity contribution in [2.45, 2.75) is 270 Å². The summed E-state index contributed by atoms with van der Waals surface area (Å²) in [6.07, 6.45) is 44.5. The van der Waals surface area contributed by atoms with E-state index in [4.69, 9.17) is 24.8 Å². The zero-order valence-corrected chi connectivity index (χ0v) is 39.7. The predicted molar refractivity (Wildman–Crippen MR) is 245 cm³/mol. The average molecular weight is 876 g/mol. The minimum atomic E-state index is -4.71. The molecule has 0 saturated carbocycles. The van der Waals surface area contributed by atoms with Crippen molar-refractivity contribution in [1.29, 1.82) is 0 Å². The van der Waals surface area contributed by atoms with Gasteiger partial charge in [0.1, 0.15) is 12.6 Å². The molecule has 0 saturated heterocycles. The Bertz CT molecular complexity index is 1030. The molecule has 11 nitrogen and oxygen atoms in total. The molecule has 0 rings (SSSR count). The molecule has 0 radical (unpaired) electrons. The second-order valence-electron chi connectivity index (χ2n) is 17.3. The standard InChI is InChI=1S/C48H94NO10P/c1-3-5-7-9-11-13-15-17-19-21-22-23-24-26-28-30-32-34-36-38-40-47(51)59-44(42-57-60(54,55)58-43-45(49)48(52)53)41-56-46(50)39-37-35-33-31-29-27-25-20-18-16-14-12-10-8-6-4-2/h44-45H,3-43,49H2,1-2H3,(H,52,53)(H,54,55). The molecule has 3 atom stereocenters. The van der Waals surface area contributed by atoms with Gasteiger partial charge in [0.25, 0.3) is 0 Å². The Kier molecular flexibility index (Phi) is 43.0. The van der Waals surface area contributed by atoms with Gasteiger partial charge in [-0.1, -0.05) is 232 Å². The number of unbranched alkanes of at least 4 members (excludes halogenated alkanes) is 34. The van der Waals surface area contributed by atoms with E-state index < -0.39 is 51.1 Å². The summed E-state index contributed by atoms with van der Waals surface area (Å²) in [7, 11) is -4.71. The van der Waals surface area contributed by atoms with E-state index in [-0.39, 0.29) is 19.4 Å². The second-order valence-corrected chi connectivity index (χ2v) is 18.8. The van der Waals surface area contributed by atoms with Crippen molar-refractivity contribution in [3.05, 3.63) is 0 Å². The van der Waals surface area contributed by atoms with Crippen LogP contribution in [0, 0.1) is 0 Å². The molecule has 356 valence electrons. The Hall–Kier alpha value is -1.52. The minimum absolute atomic E-state index is 0.170. The summed E-state index contributed by atoms with van der Waals surface area (Å²) in [5.74, 6) is -2.35. The summed E-state index contributed by atoms with van der Waals surface area (Å²) in [5.41, 5.74) is 5.35. The van der Waals surface area contributed by atoms with Crippen LogP contribution in [0.25, 0.3) is 0 Å². The lowest BCUT2D eigenvalue weighted by atomic mass is 10.0. The summed E-state index contributed by atoms with van der Waals surface area (Å²) >= 11 is 0. The van der Waals surface area contributed by atoms with Crippen LogP contribution in [0.1, 0.15) is 258 Å². The number of carbonyl (C=O) groups excluding carboxylic acids is 2. The fourth-order valence-electron chi connectivity index (χ4n) is 7.42.